The van der Waals surface area contributed by atoms with Crippen molar-refractivity contribution >= 4 is 38.6 Å². The molecule has 0 radical (unpaired) electrons. The van der Waals surface area contributed by atoms with E-state index in [-0.39, 0.29) is 11.1 Å². The average Bonchev–Trinajstić information content (AvgIpc) is 3.15. The molecule has 1 aliphatic carbocycles. The molecule has 2 rings (SSSR count). The van der Waals surface area contributed by atoms with Gasteiger partial charge in [-0.2, -0.15) is 0 Å². The van der Waals surface area contributed by atoms with Crippen LogP contribution in [0.15, 0.2) is 11.5 Å². The van der Waals surface area contributed by atoms with Crippen molar-refractivity contribution in [2.45, 2.75) is 116 Å². The average molecular weight is 544 g/mol. The minimum absolute atomic E-state index is 0.00423. The third-order valence-electron chi connectivity index (χ3n) is 6.67. The summed E-state index contributed by atoms with van der Waals surface area (Å²) in [6.45, 7) is 21.9. The normalized spacial score (nSPS) is 29.8. The molecule has 2 aliphatic rings. The molecule has 1 heterocycles. The minimum atomic E-state index is -1.71. The van der Waals surface area contributed by atoms with Gasteiger partial charge in [0.1, 0.15) is 0 Å². The molecule has 0 aromatic carbocycles. The van der Waals surface area contributed by atoms with Crippen molar-refractivity contribution in [1.82, 2.24) is 0 Å². The van der Waals surface area contributed by atoms with Crippen LogP contribution >= 0.6 is 30.4 Å². The van der Waals surface area contributed by atoms with Crippen LogP contribution in [0, 0.1) is 17.8 Å². The van der Waals surface area contributed by atoms with Gasteiger partial charge in [-0.3, -0.25) is 0 Å². The summed E-state index contributed by atoms with van der Waals surface area (Å²) in [4.78, 5) is 5.61. The molecule has 1 fully saturated rings. The molecular weight excluding hydrogens is 497 g/mol. The van der Waals surface area contributed by atoms with Crippen LogP contribution in [-0.4, -0.2) is 31.2 Å². The predicted molar refractivity (Wildman–Crippen MR) is 142 cm³/mol. The maximum atomic E-state index is 5.88. The molecule has 31 heavy (non-hydrogen) atoms. The van der Waals surface area contributed by atoms with Gasteiger partial charge in [0.15, 0.2) is 0 Å². The van der Waals surface area contributed by atoms with Crippen LogP contribution in [-0.2, 0) is 21.8 Å². The zero-order chi connectivity index (χ0) is 23.9. The second-order valence-electron chi connectivity index (χ2n) is 11.6. The van der Waals surface area contributed by atoms with Crippen LogP contribution in [0.3, 0.4) is 0 Å². The van der Waals surface area contributed by atoms with E-state index < -0.39 is 25.3 Å². The van der Waals surface area contributed by atoms with E-state index in [2.05, 4.69) is 85.2 Å². The van der Waals surface area contributed by atoms with Crippen LogP contribution in [0.5, 0.6) is 0 Å². The van der Waals surface area contributed by atoms with Crippen molar-refractivity contribution in [2.24, 2.45) is 17.8 Å². The second kappa shape index (κ2) is 13.6. The number of thioether (sulfide) groups is 1. The Morgan fingerprint density at radius 2 is 1.58 bits per heavy atom. The standard InChI is InChI=1S/C24H46NOSSi.2ClH.Ti/c1-18-19(2)22(20-14-16-27-21(18)20)28(9,25-23(3,4)5)17-13-11-10-12-15-26-24(6,7)8;;;/h14,16,18-22H,10-13,15,17H2,1-9H3;2*1H;/q-1;;;+2/p-2. The zero-order valence-corrected chi connectivity index (χ0v) is 26.2. The Labute approximate surface area is 215 Å². The Kier molecular flexibility index (Phi) is 13.4. The molecule has 0 saturated heterocycles. The molecule has 0 aromatic rings. The van der Waals surface area contributed by atoms with E-state index >= 15 is 0 Å². The predicted octanol–water partition coefficient (Wildman–Crippen LogP) is 9.39. The van der Waals surface area contributed by atoms with Crippen LogP contribution in [0.1, 0.15) is 81.1 Å². The number of fused-ring (bicyclic) bond motifs is 1. The summed E-state index contributed by atoms with van der Waals surface area (Å²) in [6.07, 6.45) is 7.67. The van der Waals surface area contributed by atoms with Crippen molar-refractivity contribution in [3.05, 3.63) is 16.5 Å². The molecule has 6 unspecified atom stereocenters. The zero-order valence-electron chi connectivity index (χ0n) is 21.3. The van der Waals surface area contributed by atoms with Crippen molar-refractivity contribution in [3.8, 4) is 0 Å². The van der Waals surface area contributed by atoms with Gasteiger partial charge in [0.2, 0.25) is 0 Å². The van der Waals surface area contributed by atoms with Crippen LogP contribution in [0.25, 0.3) is 4.98 Å². The first-order valence-corrected chi connectivity index (χ1v) is 19.9. The van der Waals surface area contributed by atoms with Crippen LogP contribution < -0.4 is 0 Å². The fourth-order valence-electron chi connectivity index (χ4n) is 5.56. The van der Waals surface area contributed by atoms with E-state index in [1.54, 1.807) is 0 Å². The third-order valence-corrected chi connectivity index (χ3v) is 12.9. The van der Waals surface area contributed by atoms with Gasteiger partial charge in [0.25, 0.3) is 0 Å². The Hall–Kier alpha value is 1.52. The fraction of sp³-hybridized carbons (Fsp3) is 0.917. The fourth-order valence-corrected chi connectivity index (χ4v) is 12.8. The first-order chi connectivity index (χ1) is 14.3. The number of ether oxygens (including phenoxy) is 1. The van der Waals surface area contributed by atoms with Gasteiger partial charge in [0, 0.05) is 11.9 Å². The summed E-state index contributed by atoms with van der Waals surface area (Å²) in [7, 11) is 8.07. The number of rotatable bonds is 9. The Balaban J connectivity index is 0.00000151. The van der Waals surface area contributed by atoms with E-state index in [1.165, 1.54) is 31.7 Å². The van der Waals surface area contributed by atoms with E-state index in [4.69, 9.17) is 28.3 Å². The van der Waals surface area contributed by atoms with Crippen LogP contribution in [0.4, 0.5) is 0 Å². The molecule has 7 heteroatoms. The Bertz CT molecular complexity index is 555. The maximum absolute atomic E-state index is 5.88. The molecule has 0 amide bonds. The SMILES string of the molecule is CC1C(C)C([Si](C)(CCCCCCOC(C)(C)C)[N-]C(C)(C)C)C2C=CSC12.[Cl][Ti][Cl]. The first kappa shape index (κ1) is 30.6. The van der Waals surface area contributed by atoms with Gasteiger partial charge >= 0.3 is 35.6 Å². The van der Waals surface area contributed by atoms with Gasteiger partial charge in [-0.1, -0.05) is 86.3 Å². The number of hydrogen-bond donors (Lipinski definition) is 0. The number of halogens is 2. The number of unbranched alkanes of at least 4 members (excludes halogenated alkanes) is 3. The quantitative estimate of drug-likeness (QED) is 0.214. The molecule has 0 spiro atoms. The van der Waals surface area contributed by atoms with Crippen molar-refractivity contribution in [3.63, 3.8) is 0 Å². The van der Waals surface area contributed by atoms with E-state index in [0.717, 1.165) is 35.2 Å². The van der Waals surface area contributed by atoms with Gasteiger partial charge < -0.3 is 9.72 Å². The van der Waals surface area contributed by atoms with E-state index in [9.17, 15) is 0 Å². The summed E-state index contributed by atoms with van der Waals surface area (Å²) in [5, 5.41) is 3.18. The topological polar surface area (TPSA) is 23.3 Å². The molecule has 2 nitrogen and oxygen atoms in total. The molecule has 6 atom stereocenters. The van der Waals surface area contributed by atoms with Crippen molar-refractivity contribution in [1.29, 1.82) is 0 Å². The van der Waals surface area contributed by atoms with Gasteiger partial charge in [0.05, 0.1) is 5.60 Å². The van der Waals surface area contributed by atoms with E-state index in [1.807, 2.05) is 0 Å². The van der Waals surface area contributed by atoms with Gasteiger partial charge in [-0.25, -0.2) is 0 Å². The monoisotopic (exact) mass is 542 g/mol. The molecule has 0 N–H and O–H groups in total. The first-order valence-electron chi connectivity index (χ1n) is 11.9. The van der Waals surface area contributed by atoms with Gasteiger partial charge in [-0.05, 0) is 50.4 Å². The third kappa shape index (κ3) is 10.3. The number of nitrogens with zero attached hydrogens (tertiary/aromatic N) is 1. The summed E-state index contributed by atoms with van der Waals surface area (Å²) in [5.74, 6) is 2.37. The second-order valence-corrected chi connectivity index (χ2v) is 19.4. The molecule has 1 aliphatic heterocycles. The van der Waals surface area contributed by atoms with E-state index in [0.29, 0.717) is 0 Å². The van der Waals surface area contributed by atoms with Crippen molar-refractivity contribution < 1.29 is 21.8 Å². The summed E-state index contributed by atoms with van der Waals surface area (Å²) < 4.78 is 5.88. The van der Waals surface area contributed by atoms with Crippen molar-refractivity contribution in [2.75, 3.05) is 6.61 Å². The summed E-state index contributed by atoms with van der Waals surface area (Å²) in [6, 6.07) is 1.36. The summed E-state index contributed by atoms with van der Waals surface area (Å²) >= 11 is 1.53. The van der Waals surface area contributed by atoms with Gasteiger partial charge in [-0.15, -0.1) is 17.3 Å². The molecule has 0 bridgehead atoms. The molecular formula is C24H46Cl2NOSSiTi-. The Morgan fingerprint density at radius 3 is 2.13 bits per heavy atom. The molecule has 1 saturated carbocycles. The van der Waals surface area contributed by atoms with Crippen LogP contribution in [0.2, 0.25) is 18.1 Å². The summed E-state index contributed by atoms with van der Waals surface area (Å²) in [5.41, 5.74) is 0.885. The number of allylic oxidation sites excluding steroid dienone is 1. The molecule has 182 valence electrons. The Morgan fingerprint density at radius 1 is 1.00 bits per heavy atom. The number of hydrogen-bond acceptors (Lipinski definition) is 2. The molecule has 0 aromatic heterocycles.